The van der Waals surface area contributed by atoms with Gasteiger partial charge in [-0.05, 0) is 12.1 Å². The van der Waals surface area contributed by atoms with Gasteiger partial charge in [0.15, 0.2) is 0 Å². The Kier molecular flexibility index (Phi) is 6.67. The Balaban J connectivity index is 0.000000345. The molecule has 1 aromatic carbocycles. The van der Waals surface area contributed by atoms with Crippen molar-refractivity contribution < 1.29 is 32.6 Å². The molecule has 0 fully saturated rings. The van der Waals surface area contributed by atoms with Gasteiger partial charge < -0.3 is 19.4 Å². The molecule has 0 aliphatic heterocycles. The van der Waals surface area contributed by atoms with Crippen molar-refractivity contribution in [1.82, 2.24) is 19.5 Å². The molecule has 0 radical (unpaired) electrons. The lowest BCUT2D eigenvalue weighted by Gasteiger charge is -2.06. The van der Waals surface area contributed by atoms with Gasteiger partial charge in [-0.1, -0.05) is 27.5 Å². The number of esters is 1. The second-order valence-corrected chi connectivity index (χ2v) is 6.49. The largest absolute Gasteiger partial charge is 0.490 e. The van der Waals surface area contributed by atoms with Crippen LogP contribution in [0, 0.1) is 0 Å². The second-order valence-electron chi connectivity index (χ2n) is 5.19. The van der Waals surface area contributed by atoms with Gasteiger partial charge in [0, 0.05) is 11.5 Å². The van der Waals surface area contributed by atoms with E-state index >= 15 is 0 Å². The predicted molar refractivity (Wildman–Crippen MR) is 94.8 cm³/mol. The van der Waals surface area contributed by atoms with Crippen LogP contribution in [-0.2, 0) is 23.2 Å². The van der Waals surface area contributed by atoms with Gasteiger partial charge in [0.25, 0.3) is 0 Å². The second kappa shape index (κ2) is 8.61. The molecule has 0 saturated carbocycles. The molecule has 150 valence electrons. The number of aromatic nitrogens is 4. The third-order valence-electron chi connectivity index (χ3n) is 3.31. The first-order valence-electron chi connectivity index (χ1n) is 7.26. The van der Waals surface area contributed by atoms with Crippen LogP contribution in [0.25, 0.3) is 11.0 Å². The van der Waals surface area contributed by atoms with Crippen LogP contribution in [0.5, 0.6) is 0 Å². The number of H-pyrrole nitrogens is 1. The molecule has 3 aromatic rings. The van der Waals surface area contributed by atoms with Crippen molar-refractivity contribution in [3.63, 3.8) is 0 Å². The highest BCUT2D eigenvalue weighted by Crippen LogP contribution is 2.23. The lowest BCUT2D eigenvalue weighted by molar-refractivity contribution is -0.192. The molecule has 0 saturated heterocycles. The highest BCUT2D eigenvalue weighted by atomic mass is 79.9. The number of benzene rings is 1. The van der Waals surface area contributed by atoms with E-state index in [9.17, 15) is 18.0 Å². The summed E-state index contributed by atoms with van der Waals surface area (Å²) in [6.07, 6.45) is -2.04. The molecule has 0 amide bonds. The molecular weight excluding hydrogens is 473 g/mol. The first-order valence-corrected chi connectivity index (χ1v) is 8.43. The van der Waals surface area contributed by atoms with Gasteiger partial charge in [-0.3, -0.25) is 0 Å². The normalized spacial score (nSPS) is 11.1. The fourth-order valence-electron chi connectivity index (χ4n) is 1.94. The van der Waals surface area contributed by atoms with Crippen LogP contribution in [0.2, 0.25) is 5.15 Å². The zero-order chi connectivity index (χ0) is 21.1. The van der Waals surface area contributed by atoms with E-state index in [1.807, 2.05) is 6.07 Å². The number of hydrogen-bond acceptors (Lipinski definition) is 5. The molecule has 0 spiro atoms. The smallest absolute Gasteiger partial charge is 0.475 e. The zero-order valence-corrected chi connectivity index (χ0v) is 16.3. The predicted octanol–water partition coefficient (Wildman–Crippen LogP) is 3.70. The van der Waals surface area contributed by atoms with Crippen LogP contribution >= 0.6 is 27.5 Å². The number of carbonyl (C=O) groups is 2. The average Bonchev–Trinajstić information content (AvgIpc) is 3.19. The number of nitrogens with zero attached hydrogens (tertiary/aromatic N) is 3. The Hall–Kier alpha value is -2.60. The van der Waals surface area contributed by atoms with Gasteiger partial charge in [0.1, 0.15) is 23.1 Å². The SMILES string of the molecule is Cn1c(Cl)cnc1COC(=O)c1cc(Br)cc2[nH]cnc12.O=C(O)C(F)(F)F. The summed E-state index contributed by atoms with van der Waals surface area (Å²) in [5.41, 5.74) is 1.72. The number of aromatic amines is 1. The third-order valence-corrected chi connectivity index (χ3v) is 4.12. The summed E-state index contributed by atoms with van der Waals surface area (Å²) >= 11 is 9.24. The fraction of sp³-hybridized carbons (Fsp3) is 0.200. The summed E-state index contributed by atoms with van der Waals surface area (Å²) in [5, 5.41) is 7.61. The van der Waals surface area contributed by atoms with Crippen LogP contribution in [0.15, 0.2) is 29.1 Å². The maximum atomic E-state index is 12.2. The van der Waals surface area contributed by atoms with Crippen molar-refractivity contribution in [3.05, 3.63) is 45.7 Å². The maximum absolute atomic E-state index is 12.2. The summed E-state index contributed by atoms with van der Waals surface area (Å²) in [7, 11) is 1.75. The molecule has 28 heavy (non-hydrogen) atoms. The number of rotatable bonds is 3. The van der Waals surface area contributed by atoms with Crippen LogP contribution in [0.4, 0.5) is 13.2 Å². The van der Waals surface area contributed by atoms with Crippen LogP contribution in [0.3, 0.4) is 0 Å². The van der Waals surface area contributed by atoms with Crippen molar-refractivity contribution in [2.24, 2.45) is 7.05 Å². The number of ether oxygens (including phenoxy) is 1. The molecule has 0 atom stereocenters. The van der Waals surface area contributed by atoms with Crippen LogP contribution < -0.4 is 0 Å². The van der Waals surface area contributed by atoms with Gasteiger partial charge in [-0.2, -0.15) is 13.2 Å². The van der Waals surface area contributed by atoms with E-state index in [4.69, 9.17) is 26.2 Å². The van der Waals surface area contributed by atoms with Crippen molar-refractivity contribution >= 4 is 50.5 Å². The Labute approximate surface area is 168 Å². The number of halogens is 5. The molecule has 2 aromatic heterocycles. The van der Waals surface area contributed by atoms with Crippen molar-refractivity contribution in [2.45, 2.75) is 12.8 Å². The minimum absolute atomic E-state index is 0.0421. The van der Waals surface area contributed by atoms with Gasteiger partial charge in [0.2, 0.25) is 0 Å². The van der Waals surface area contributed by atoms with Crippen molar-refractivity contribution in [1.29, 1.82) is 0 Å². The van der Waals surface area contributed by atoms with E-state index in [0.717, 1.165) is 9.99 Å². The number of alkyl halides is 3. The number of aliphatic carboxylic acids is 1. The average molecular weight is 484 g/mol. The first-order chi connectivity index (χ1) is 13.0. The van der Waals surface area contributed by atoms with E-state index in [2.05, 4.69) is 30.9 Å². The zero-order valence-electron chi connectivity index (χ0n) is 13.9. The first kappa shape index (κ1) is 21.7. The molecule has 0 unspecified atom stereocenters. The third kappa shape index (κ3) is 5.23. The Morgan fingerprint density at radius 1 is 1.36 bits per heavy atom. The van der Waals surface area contributed by atoms with E-state index in [1.54, 1.807) is 17.7 Å². The molecular formula is C15H11BrClF3N4O4. The topological polar surface area (TPSA) is 110 Å². The number of hydrogen-bond donors (Lipinski definition) is 2. The maximum Gasteiger partial charge on any atom is 0.490 e. The molecule has 0 aliphatic rings. The number of nitrogens with one attached hydrogen (secondary N) is 1. The molecule has 13 heteroatoms. The minimum Gasteiger partial charge on any atom is -0.475 e. The summed E-state index contributed by atoms with van der Waals surface area (Å²) in [6, 6.07) is 3.52. The number of carboxylic acids is 1. The lowest BCUT2D eigenvalue weighted by atomic mass is 10.2. The monoisotopic (exact) mass is 482 g/mol. The Morgan fingerprint density at radius 3 is 2.54 bits per heavy atom. The van der Waals surface area contributed by atoms with Gasteiger partial charge in [-0.15, -0.1) is 0 Å². The van der Waals surface area contributed by atoms with Gasteiger partial charge in [-0.25, -0.2) is 19.6 Å². The highest BCUT2D eigenvalue weighted by Gasteiger charge is 2.38. The fourth-order valence-corrected chi connectivity index (χ4v) is 2.54. The summed E-state index contributed by atoms with van der Waals surface area (Å²) in [5.74, 6) is -2.65. The number of carboxylic acid groups (broad SMARTS) is 1. The number of carbonyl (C=O) groups excluding carboxylic acids is 1. The molecule has 2 N–H and O–H groups in total. The lowest BCUT2D eigenvalue weighted by Crippen LogP contribution is -2.21. The molecule has 2 heterocycles. The molecule has 8 nitrogen and oxygen atoms in total. The van der Waals surface area contributed by atoms with Crippen molar-refractivity contribution in [2.75, 3.05) is 0 Å². The van der Waals surface area contributed by atoms with Crippen LogP contribution in [0.1, 0.15) is 16.2 Å². The number of fused-ring (bicyclic) bond motifs is 1. The quantitative estimate of drug-likeness (QED) is 0.550. The summed E-state index contributed by atoms with van der Waals surface area (Å²) < 4.78 is 39.4. The van der Waals surface area contributed by atoms with Crippen LogP contribution in [-0.4, -0.2) is 42.7 Å². The van der Waals surface area contributed by atoms with E-state index < -0.39 is 18.1 Å². The van der Waals surface area contributed by atoms with Gasteiger partial charge >= 0.3 is 18.1 Å². The summed E-state index contributed by atoms with van der Waals surface area (Å²) in [6.45, 7) is 0.0421. The van der Waals surface area contributed by atoms with E-state index in [0.29, 0.717) is 22.1 Å². The van der Waals surface area contributed by atoms with Gasteiger partial charge in [0.05, 0.1) is 23.6 Å². The standard InChI is InChI=1S/C13H10BrClN4O2.C2HF3O2/c1-19-10(15)4-16-11(19)5-21-13(20)8-2-7(14)3-9-12(8)18-6-17-9;3-2(4,5)1(6)7/h2-4,6H,5H2,1H3,(H,17,18);(H,6,7). The number of imidazole rings is 2. The molecule has 3 rings (SSSR count). The Morgan fingerprint density at radius 2 is 2.00 bits per heavy atom. The molecule has 0 aliphatic carbocycles. The highest BCUT2D eigenvalue weighted by molar-refractivity contribution is 9.10. The van der Waals surface area contributed by atoms with E-state index in [1.165, 1.54) is 12.5 Å². The van der Waals surface area contributed by atoms with Crippen molar-refractivity contribution in [3.8, 4) is 0 Å². The minimum atomic E-state index is -5.08. The Bertz CT molecular complexity index is 1020. The van der Waals surface area contributed by atoms with E-state index in [-0.39, 0.29) is 6.61 Å². The summed E-state index contributed by atoms with van der Waals surface area (Å²) in [4.78, 5) is 32.3. The molecule has 0 bridgehead atoms.